The number of ether oxygens (including phenoxy) is 10. The molecule has 0 saturated carbocycles. The Labute approximate surface area is 739 Å². The number of carbonyl (C=O) groups excluding carboxylic acids is 6. The number of aliphatic carboxylic acids is 1. The third kappa shape index (κ3) is 19.0. The zero-order chi connectivity index (χ0) is 92.2. The van der Waals surface area contributed by atoms with Crippen LogP contribution in [0.4, 0.5) is 0 Å². The van der Waals surface area contributed by atoms with Gasteiger partial charge in [0.25, 0.3) is 0 Å². The first-order valence-electron chi connectivity index (χ1n) is 39.7. The Hall–Kier alpha value is -10.7. The number of carbonyl (C=O) groups is 7. The highest BCUT2D eigenvalue weighted by Crippen LogP contribution is 2.51. The molecule has 4 saturated heterocycles. The van der Waals surface area contributed by atoms with Gasteiger partial charge >= 0.3 is 5.97 Å². The standard InChI is InChI=1S/C83H89Cl3N8O34/c1-27-61(101)42(87)24-52(119-27)126-71-32-8-14-46(40(85)18-32)122-48-20-34-21-49(73(48)128-83-70(110)67(107)64(104)51(26-96)125-83)123-47-15-9-33(19-41(47)86)72(127-82-69(109)66(106)63(103)50(25-95)124-82)60(93-74(111)54(88-3)29-4-10-36(11-5-29)121-81-68(108)65(105)62(102)28(2)120-81)78(115)90-56(31-7-13-44(99)39(84)17-31)75(112)91-57(34)77(114)89-55-30-6-12-43(98)37(16-30)53-38(22-35(97)23-45(53)100)58(80(117)118)92-79(116)59(71)94-76(55)113/h4-23,27-28,42,50-52,54-72,81-83,88,95-110H,24-26,87H2,1-3H3,(H,89,114)(H,90,115)(H,91,112)(H,92,116)(H,93,111)(H,94,113)(H,117,118)/t27-,28+,42-,50-,51-,52+,54+,55+,56+,57-,58?,59+,60-,61+,62-,63-,64+,65+,66-,67+,68-,69+,70-,71+,72-,81+,82-,83+/m1/s1. The second-order valence-corrected chi connectivity index (χ2v) is 32.5. The van der Waals surface area contributed by atoms with Gasteiger partial charge in [0.05, 0.1) is 46.6 Å². The Morgan fingerprint density at radius 1 is 0.492 bits per heavy atom. The maximum absolute atomic E-state index is 16.7. The predicted molar refractivity (Wildman–Crippen MR) is 434 cm³/mol. The minimum absolute atomic E-state index is 0.0121. The summed E-state index contributed by atoms with van der Waals surface area (Å²) in [6, 6.07) is 4.70. The Bertz CT molecular complexity index is 5350. The molecule has 1 unspecified atom stereocenters. The lowest BCUT2D eigenvalue weighted by Crippen LogP contribution is -2.61. The lowest BCUT2D eigenvalue weighted by molar-refractivity contribution is -0.313. The summed E-state index contributed by atoms with van der Waals surface area (Å²) in [5.41, 5.74) is 2.89. The van der Waals surface area contributed by atoms with Crippen LogP contribution in [0.2, 0.25) is 15.1 Å². The van der Waals surface area contributed by atoms with Crippen LogP contribution in [0, 0.1) is 0 Å². The maximum Gasteiger partial charge on any atom is 0.330 e. The van der Waals surface area contributed by atoms with Crippen LogP contribution in [0.1, 0.15) is 102 Å². The van der Waals surface area contributed by atoms with E-state index in [2.05, 4.69) is 37.2 Å². The number of hydrogen-bond acceptors (Lipinski definition) is 35. The summed E-state index contributed by atoms with van der Waals surface area (Å²) >= 11 is 21.3. The van der Waals surface area contributed by atoms with Gasteiger partial charge in [-0.1, -0.05) is 71.2 Å². The number of fused-ring (bicyclic) bond motifs is 15. The van der Waals surface area contributed by atoms with E-state index in [9.17, 15) is 91.6 Å². The number of hydrogen-bond donors (Lipinski definition) is 25. The van der Waals surface area contributed by atoms with E-state index in [4.69, 9.17) is 87.9 Å². The number of phenols is 4. The quantitative estimate of drug-likeness (QED) is 0.0548. The van der Waals surface area contributed by atoms with Crippen LogP contribution in [0.15, 0.2) is 121 Å². The lowest BCUT2D eigenvalue weighted by Gasteiger charge is -2.42. The number of likely N-dealkylation sites (N-methyl/N-ethyl adjacent to an activating group) is 1. The average Bonchev–Trinajstić information content (AvgIpc) is 0.760. The molecule has 42 nitrogen and oxygen atoms in total. The number of aliphatic hydroxyl groups excluding tert-OH is 12. The molecule has 7 aromatic carbocycles. The molecular formula is C83H89Cl3N8O34. The SMILES string of the molecule is CN[C@H](C(=O)N[C@H]1C(=O)N[C@@H](c2ccc(O)c(Cl)c2)C(=O)N[C@H]2C(=O)N[C@@H]3C(=O)N[C@H](C(=O)NC(C(=O)O)c4cc(O)cc(O)c4-c4cc3ccc4O)[C@@H](O[C@H]3C[C@@H](N)[C@@H](O)[C@@H](C)O3)c3ccc(c(Cl)c3)Oc3cc2cc(c3O[C@@H]2O[C@H](CO)[C@H](O)[C@H](O)[C@H]2O)Oc2ccc(cc2Cl)[C@H]1O[C@H]1O[C@H](CO)[C@@H](O)[C@@H](O)[C@@H]1O)c1ccc(O[C@@H]2O[C@@H](C)[C@@H](O)[C@H](O)[C@H]2O)cc1. The molecule has 0 radical (unpaired) electrons. The number of aromatic hydroxyl groups is 4. The number of carboxylic acid groups (broad SMARTS) is 1. The average molecular weight is 1850 g/mol. The molecule has 686 valence electrons. The van der Waals surface area contributed by atoms with Gasteiger partial charge in [-0.25, -0.2) is 4.79 Å². The van der Waals surface area contributed by atoms with Crippen LogP contribution in [-0.4, -0.2) is 277 Å². The summed E-state index contributed by atoms with van der Waals surface area (Å²) in [4.78, 5) is 111. The van der Waals surface area contributed by atoms with Gasteiger partial charge in [0.2, 0.25) is 53.8 Å². The number of benzene rings is 7. The Balaban J connectivity index is 0.993. The number of phenolic OH excluding ortho intramolecular Hbond substituents is 4. The molecule has 7 aromatic rings. The van der Waals surface area contributed by atoms with Crippen LogP contribution < -0.4 is 61.9 Å². The van der Waals surface area contributed by atoms with Gasteiger partial charge in [-0.15, -0.1) is 0 Å². The van der Waals surface area contributed by atoms with Gasteiger partial charge < -0.3 is 177 Å². The number of rotatable bonds is 16. The Morgan fingerprint density at radius 2 is 1.00 bits per heavy atom. The van der Waals surface area contributed by atoms with Gasteiger partial charge in [0, 0.05) is 35.2 Å². The molecule has 6 amide bonds. The molecule has 9 aliphatic rings. The summed E-state index contributed by atoms with van der Waals surface area (Å²) in [6.45, 7) is 0.761. The van der Waals surface area contributed by atoms with Gasteiger partial charge in [-0.2, -0.15) is 0 Å². The third-order valence-electron chi connectivity index (χ3n) is 22.8. The van der Waals surface area contributed by atoms with Crippen molar-refractivity contribution in [3.63, 3.8) is 0 Å². The second-order valence-electron chi connectivity index (χ2n) is 31.3. The third-order valence-corrected chi connectivity index (χ3v) is 23.7. The molecule has 9 heterocycles. The van der Waals surface area contributed by atoms with Crippen molar-refractivity contribution in [2.24, 2.45) is 5.73 Å². The molecular weight excluding hydrogens is 1760 g/mol. The minimum atomic E-state index is -2.50. The van der Waals surface area contributed by atoms with E-state index in [1.165, 1.54) is 51.2 Å². The van der Waals surface area contributed by atoms with Crippen molar-refractivity contribution in [1.29, 1.82) is 0 Å². The van der Waals surface area contributed by atoms with Crippen molar-refractivity contribution in [1.82, 2.24) is 37.2 Å². The first-order chi connectivity index (χ1) is 60.8. The molecule has 16 rings (SSSR count). The van der Waals surface area contributed by atoms with E-state index in [1.807, 2.05) is 0 Å². The van der Waals surface area contributed by atoms with Crippen LogP contribution >= 0.6 is 34.8 Å². The number of aliphatic hydroxyl groups is 12. The molecule has 26 N–H and O–H groups in total. The molecule has 28 atom stereocenters. The Morgan fingerprint density at radius 3 is 1.56 bits per heavy atom. The van der Waals surface area contributed by atoms with Crippen molar-refractivity contribution >= 4 is 76.2 Å². The summed E-state index contributed by atoms with van der Waals surface area (Å²) in [5.74, 6) is -16.8. The molecule has 128 heavy (non-hydrogen) atoms. The number of carboxylic acids is 1. The molecule has 0 aromatic heterocycles. The first-order valence-corrected chi connectivity index (χ1v) is 40.8. The van der Waals surface area contributed by atoms with Crippen molar-refractivity contribution in [2.75, 3.05) is 20.3 Å². The van der Waals surface area contributed by atoms with E-state index < -0.39 is 326 Å². The normalized spacial score (nSPS) is 32.3. The van der Waals surface area contributed by atoms with Crippen molar-refractivity contribution in [3.8, 4) is 68.6 Å². The highest BCUT2D eigenvalue weighted by atomic mass is 35.5. The van der Waals surface area contributed by atoms with E-state index in [-0.39, 0.29) is 28.9 Å². The van der Waals surface area contributed by atoms with Crippen molar-refractivity contribution in [2.45, 2.75) is 191 Å². The van der Waals surface area contributed by atoms with Crippen LogP contribution in [0.3, 0.4) is 0 Å². The zero-order valence-electron chi connectivity index (χ0n) is 67.1. The fourth-order valence-corrected chi connectivity index (χ4v) is 16.4. The van der Waals surface area contributed by atoms with Crippen molar-refractivity contribution < 1.29 is 168 Å². The number of nitrogens with two attached hydrogens (primary N) is 1. The number of nitrogens with one attached hydrogen (secondary N) is 7. The fourth-order valence-electron chi connectivity index (χ4n) is 15.8. The van der Waals surface area contributed by atoms with Crippen molar-refractivity contribution in [3.05, 3.63) is 175 Å². The van der Waals surface area contributed by atoms with Crippen LogP contribution in [-0.2, 0) is 62.0 Å². The molecule has 45 heteroatoms. The smallest absolute Gasteiger partial charge is 0.330 e. The predicted octanol–water partition coefficient (Wildman–Crippen LogP) is -1.07. The second kappa shape index (κ2) is 38.5. The summed E-state index contributed by atoms with van der Waals surface area (Å²) in [7, 11) is 1.31. The lowest BCUT2D eigenvalue weighted by atomic mass is 9.89. The van der Waals surface area contributed by atoms with E-state index in [1.54, 1.807) is 0 Å². The van der Waals surface area contributed by atoms with E-state index >= 15 is 28.8 Å². The van der Waals surface area contributed by atoms with E-state index in [0.29, 0.717) is 0 Å². The zero-order valence-corrected chi connectivity index (χ0v) is 69.4. The van der Waals surface area contributed by atoms with Crippen LogP contribution in [0.25, 0.3) is 11.1 Å². The van der Waals surface area contributed by atoms with Gasteiger partial charge in [0.1, 0.15) is 156 Å². The highest BCUT2D eigenvalue weighted by Gasteiger charge is 2.52. The molecule has 0 spiro atoms. The van der Waals surface area contributed by atoms with Gasteiger partial charge in [0.15, 0.2) is 30.1 Å². The van der Waals surface area contributed by atoms with Crippen LogP contribution in [0.5, 0.6) is 57.5 Å². The molecule has 9 aliphatic heterocycles. The number of amides is 6. The Kier molecular flexibility index (Phi) is 28.1. The first kappa shape index (κ1) is 93.4. The van der Waals surface area contributed by atoms with Gasteiger partial charge in [-0.3, -0.25) is 28.8 Å². The summed E-state index contributed by atoms with van der Waals surface area (Å²) < 4.78 is 62.3. The largest absolute Gasteiger partial charge is 0.508 e. The maximum atomic E-state index is 16.7. The number of halogens is 3. The molecule has 0 aliphatic carbocycles. The van der Waals surface area contributed by atoms with Gasteiger partial charge in [-0.05, 0) is 133 Å². The monoisotopic (exact) mass is 1850 g/mol. The fraction of sp³-hybridized carbons (Fsp3) is 0.410. The summed E-state index contributed by atoms with van der Waals surface area (Å²) in [5, 5.41) is 206. The topological polar surface area (TPSA) is 666 Å². The molecule has 11 bridgehead atoms. The minimum Gasteiger partial charge on any atom is -0.508 e. The summed E-state index contributed by atoms with van der Waals surface area (Å²) in [6.07, 6.45) is -37.0. The van der Waals surface area contributed by atoms with E-state index in [0.717, 1.165) is 91.0 Å². The highest BCUT2D eigenvalue weighted by molar-refractivity contribution is 6.33. The molecule has 4 fully saturated rings.